The molecule has 1 fully saturated rings. The maximum atomic E-state index is 12.5. The highest BCUT2D eigenvalue weighted by atomic mass is 32.2. The Balaban J connectivity index is 1.63. The van der Waals surface area contributed by atoms with E-state index in [0.717, 1.165) is 19.6 Å². The van der Waals surface area contributed by atoms with E-state index < -0.39 is 10.0 Å². The number of rotatable bonds is 4. The summed E-state index contributed by atoms with van der Waals surface area (Å²) in [5.74, 6) is 0. The van der Waals surface area contributed by atoms with Crippen molar-refractivity contribution in [2.24, 2.45) is 0 Å². The lowest BCUT2D eigenvalue weighted by Gasteiger charge is -2.33. The Bertz CT molecular complexity index is 686. The standard InChI is InChI=1S/C13H17N3O2S3/c14-11-8-13(20-10-11)21(17,18)16-5-3-15(4-6-16)9-12-2-1-7-19-12/h1-2,7-8,10H,3-6,9,14H2. The SMILES string of the molecule is Nc1csc(S(=O)(=O)N2CCN(Cc3cccs3)CC2)c1. The fourth-order valence-electron chi connectivity index (χ4n) is 2.34. The van der Waals surface area contributed by atoms with Crippen LogP contribution in [0.2, 0.25) is 0 Å². The molecule has 3 rings (SSSR count). The van der Waals surface area contributed by atoms with E-state index in [1.807, 2.05) is 6.07 Å². The van der Waals surface area contributed by atoms with E-state index in [9.17, 15) is 8.42 Å². The Morgan fingerprint density at radius 1 is 1.19 bits per heavy atom. The van der Waals surface area contributed by atoms with Crippen molar-refractivity contribution >= 4 is 38.4 Å². The van der Waals surface area contributed by atoms with Crippen LogP contribution in [0.3, 0.4) is 0 Å². The molecule has 0 unspecified atom stereocenters. The van der Waals surface area contributed by atoms with Crippen LogP contribution in [-0.2, 0) is 16.6 Å². The maximum absolute atomic E-state index is 12.5. The number of nitrogen functional groups attached to an aromatic ring is 1. The number of piperazine rings is 1. The highest BCUT2D eigenvalue weighted by Gasteiger charge is 2.29. The zero-order valence-corrected chi connectivity index (χ0v) is 13.9. The van der Waals surface area contributed by atoms with Crippen molar-refractivity contribution in [1.82, 2.24) is 9.21 Å². The average Bonchev–Trinajstić information content (AvgIpc) is 3.11. The van der Waals surface area contributed by atoms with Crippen molar-refractivity contribution < 1.29 is 8.42 Å². The number of anilines is 1. The molecule has 0 spiro atoms. The summed E-state index contributed by atoms with van der Waals surface area (Å²) in [4.78, 5) is 3.61. The fourth-order valence-corrected chi connectivity index (χ4v) is 5.74. The summed E-state index contributed by atoms with van der Waals surface area (Å²) in [6, 6.07) is 5.70. The first kappa shape index (κ1) is 15.0. The summed E-state index contributed by atoms with van der Waals surface area (Å²) >= 11 is 2.92. The topological polar surface area (TPSA) is 66.6 Å². The molecule has 1 saturated heterocycles. The molecule has 114 valence electrons. The Morgan fingerprint density at radius 3 is 2.52 bits per heavy atom. The van der Waals surface area contributed by atoms with Crippen molar-refractivity contribution in [3.63, 3.8) is 0 Å². The van der Waals surface area contributed by atoms with Crippen molar-refractivity contribution in [1.29, 1.82) is 0 Å². The molecule has 3 heterocycles. The molecule has 0 radical (unpaired) electrons. The molecule has 2 aromatic heterocycles. The summed E-state index contributed by atoms with van der Waals surface area (Å²) in [5.41, 5.74) is 6.13. The Morgan fingerprint density at radius 2 is 1.95 bits per heavy atom. The minimum Gasteiger partial charge on any atom is -0.398 e. The normalized spacial score (nSPS) is 18.1. The number of hydrogen-bond donors (Lipinski definition) is 1. The predicted molar refractivity (Wildman–Crippen MR) is 87.1 cm³/mol. The summed E-state index contributed by atoms with van der Waals surface area (Å²) in [5, 5.41) is 3.73. The maximum Gasteiger partial charge on any atom is 0.252 e. The molecule has 21 heavy (non-hydrogen) atoms. The molecule has 0 atom stereocenters. The van der Waals surface area contributed by atoms with Crippen LogP contribution in [0.1, 0.15) is 4.88 Å². The number of hydrogen-bond acceptors (Lipinski definition) is 6. The number of thiophene rings is 2. The Labute approximate surface area is 132 Å². The van der Waals surface area contributed by atoms with Gasteiger partial charge in [-0.2, -0.15) is 4.31 Å². The lowest BCUT2D eigenvalue weighted by atomic mass is 10.3. The first-order valence-electron chi connectivity index (χ1n) is 6.64. The molecule has 0 amide bonds. The fraction of sp³-hybridized carbons (Fsp3) is 0.385. The molecule has 5 nitrogen and oxygen atoms in total. The summed E-state index contributed by atoms with van der Waals surface area (Å²) in [7, 11) is -3.38. The Hall–Kier alpha value is -0.930. The summed E-state index contributed by atoms with van der Waals surface area (Å²) in [6.45, 7) is 3.49. The third kappa shape index (κ3) is 3.29. The number of nitrogens with two attached hydrogens (primary N) is 1. The van der Waals surface area contributed by atoms with E-state index >= 15 is 0 Å². The van der Waals surface area contributed by atoms with Crippen LogP contribution >= 0.6 is 22.7 Å². The van der Waals surface area contributed by atoms with Gasteiger partial charge in [0.2, 0.25) is 0 Å². The van der Waals surface area contributed by atoms with Gasteiger partial charge in [0.15, 0.2) is 0 Å². The Kier molecular flexibility index (Phi) is 4.32. The molecule has 0 aromatic carbocycles. The van der Waals surface area contributed by atoms with Gasteiger partial charge in [-0.05, 0) is 17.5 Å². The van der Waals surface area contributed by atoms with Gasteiger partial charge in [-0.25, -0.2) is 8.42 Å². The zero-order chi connectivity index (χ0) is 14.9. The molecule has 1 aliphatic heterocycles. The van der Waals surface area contributed by atoms with E-state index in [1.165, 1.54) is 22.3 Å². The van der Waals surface area contributed by atoms with Gasteiger partial charge in [0, 0.05) is 48.7 Å². The van der Waals surface area contributed by atoms with Crippen molar-refractivity contribution in [3.05, 3.63) is 33.8 Å². The lowest BCUT2D eigenvalue weighted by Crippen LogP contribution is -2.47. The monoisotopic (exact) mass is 343 g/mol. The third-order valence-electron chi connectivity index (χ3n) is 3.48. The quantitative estimate of drug-likeness (QED) is 0.921. The molecule has 2 N–H and O–H groups in total. The van der Waals surface area contributed by atoms with Crippen LogP contribution in [0.5, 0.6) is 0 Å². The van der Waals surface area contributed by atoms with E-state index in [0.29, 0.717) is 23.0 Å². The van der Waals surface area contributed by atoms with Crippen LogP contribution < -0.4 is 5.73 Å². The molecule has 8 heteroatoms. The first-order valence-corrected chi connectivity index (χ1v) is 9.84. The highest BCUT2D eigenvalue weighted by Crippen LogP contribution is 2.26. The van der Waals surface area contributed by atoms with Crippen molar-refractivity contribution in [2.45, 2.75) is 10.8 Å². The van der Waals surface area contributed by atoms with Gasteiger partial charge in [-0.15, -0.1) is 22.7 Å². The molecule has 2 aromatic rings. The molecule has 0 saturated carbocycles. The third-order valence-corrected chi connectivity index (χ3v) is 7.67. The van der Waals surface area contributed by atoms with E-state index in [2.05, 4.69) is 16.3 Å². The van der Waals surface area contributed by atoms with Gasteiger partial charge in [0.05, 0.1) is 0 Å². The second-order valence-corrected chi connectivity index (χ2v) is 9.07. The molecule has 0 aliphatic carbocycles. The van der Waals surface area contributed by atoms with E-state index in [-0.39, 0.29) is 0 Å². The van der Waals surface area contributed by atoms with Gasteiger partial charge in [0.1, 0.15) is 4.21 Å². The van der Waals surface area contributed by atoms with Crippen LogP contribution in [-0.4, -0.2) is 43.8 Å². The van der Waals surface area contributed by atoms with Gasteiger partial charge in [-0.3, -0.25) is 4.90 Å². The molecule has 0 bridgehead atoms. The highest BCUT2D eigenvalue weighted by molar-refractivity contribution is 7.91. The van der Waals surface area contributed by atoms with Crippen molar-refractivity contribution in [2.75, 3.05) is 31.9 Å². The van der Waals surface area contributed by atoms with Gasteiger partial charge >= 0.3 is 0 Å². The average molecular weight is 343 g/mol. The zero-order valence-electron chi connectivity index (χ0n) is 11.4. The van der Waals surface area contributed by atoms with Crippen LogP contribution in [0.25, 0.3) is 0 Å². The second kappa shape index (κ2) is 6.05. The predicted octanol–water partition coefficient (Wildman–Crippen LogP) is 1.90. The van der Waals surface area contributed by atoms with Crippen LogP contribution in [0.15, 0.2) is 33.2 Å². The largest absolute Gasteiger partial charge is 0.398 e. The molecular formula is C13H17N3O2S3. The summed E-state index contributed by atoms with van der Waals surface area (Å²) in [6.07, 6.45) is 0. The van der Waals surface area contributed by atoms with Crippen molar-refractivity contribution in [3.8, 4) is 0 Å². The van der Waals surface area contributed by atoms with Crippen LogP contribution in [0, 0.1) is 0 Å². The first-order chi connectivity index (χ1) is 10.1. The minimum atomic E-state index is -3.38. The molecular weight excluding hydrogens is 326 g/mol. The van der Waals surface area contributed by atoms with Crippen LogP contribution in [0.4, 0.5) is 5.69 Å². The van der Waals surface area contributed by atoms with Gasteiger partial charge < -0.3 is 5.73 Å². The number of nitrogens with zero attached hydrogens (tertiary/aromatic N) is 2. The second-order valence-electron chi connectivity index (χ2n) is 4.96. The van der Waals surface area contributed by atoms with E-state index in [4.69, 9.17) is 5.73 Å². The van der Waals surface area contributed by atoms with Gasteiger partial charge in [-0.1, -0.05) is 6.07 Å². The van der Waals surface area contributed by atoms with E-state index in [1.54, 1.807) is 21.0 Å². The molecule has 1 aliphatic rings. The van der Waals surface area contributed by atoms with Gasteiger partial charge in [0.25, 0.3) is 10.0 Å². The summed E-state index contributed by atoms with van der Waals surface area (Å²) < 4.78 is 26.9. The minimum absolute atomic E-state index is 0.340. The smallest absolute Gasteiger partial charge is 0.252 e. The number of sulfonamides is 1. The lowest BCUT2D eigenvalue weighted by molar-refractivity contribution is 0.183.